The highest BCUT2D eigenvalue weighted by Gasteiger charge is 2.10. The first-order valence-electron chi connectivity index (χ1n) is 6.70. The molecule has 0 spiro atoms. The number of H-pyrrole nitrogens is 1. The molecule has 0 radical (unpaired) electrons. The van der Waals surface area contributed by atoms with Gasteiger partial charge in [0, 0.05) is 12.2 Å². The van der Waals surface area contributed by atoms with Crippen LogP contribution in [0, 0.1) is 6.92 Å². The van der Waals surface area contributed by atoms with Crippen LogP contribution in [0.5, 0.6) is 0 Å². The van der Waals surface area contributed by atoms with Crippen molar-refractivity contribution in [1.82, 2.24) is 20.5 Å². The molecule has 1 aromatic heterocycles. The molecular formula is C14H16N6O. The van der Waals surface area contributed by atoms with Crippen LogP contribution in [0.25, 0.3) is 5.69 Å². The van der Waals surface area contributed by atoms with E-state index in [0.29, 0.717) is 11.5 Å². The number of rotatable bonds is 3. The smallest absolute Gasteiger partial charge is 0.280 e. The molecule has 2 heterocycles. The Balaban J connectivity index is 1.85. The molecule has 0 saturated carbocycles. The zero-order valence-corrected chi connectivity index (χ0v) is 11.6. The number of aromatic nitrogens is 2. The fourth-order valence-electron chi connectivity index (χ4n) is 2.10. The van der Waals surface area contributed by atoms with Gasteiger partial charge < -0.3 is 5.32 Å². The van der Waals surface area contributed by atoms with Gasteiger partial charge in [-0.05, 0) is 19.1 Å². The molecule has 0 atom stereocenters. The summed E-state index contributed by atoms with van der Waals surface area (Å²) in [7, 11) is 0. The predicted octanol–water partition coefficient (Wildman–Crippen LogP) is 0.357. The van der Waals surface area contributed by atoms with Crippen LogP contribution in [0.1, 0.15) is 11.3 Å². The van der Waals surface area contributed by atoms with Crippen LogP contribution in [0.2, 0.25) is 0 Å². The van der Waals surface area contributed by atoms with E-state index >= 15 is 0 Å². The summed E-state index contributed by atoms with van der Waals surface area (Å²) in [6.45, 7) is 3.39. The molecule has 0 fully saturated rings. The van der Waals surface area contributed by atoms with Gasteiger partial charge in [0.1, 0.15) is 0 Å². The number of hydrazone groups is 1. The second-order valence-corrected chi connectivity index (χ2v) is 4.65. The summed E-state index contributed by atoms with van der Waals surface area (Å²) in [4.78, 5) is 16.5. The van der Waals surface area contributed by atoms with Crippen molar-refractivity contribution in [2.75, 3.05) is 13.1 Å². The Morgan fingerprint density at radius 2 is 2.19 bits per heavy atom. The van der Waals surface area contributed by atoms with E-state index in [1.165, 1.54) is 10.9 Å². The molecule has 7 nitrogen and oxygen atoms in total. The van der Waals surface area contributed by atoms with Crippen LogP contribution in [0.15, 0.2) is 45.2 Å². The molecule has 1 aliphatic heterocycles. The lowest BCUT2D eigenvalue weighted by Gasteiger charge is -1.99. The standard InChI is InChI=1S/C14H16N6O/c1-10-12(9-17-18-14-15-7-8-16-14)13(21)20(19-10)11-5-3-2-4-6-11/h2-6,9,19H,7-8H2,1H3,(H2,15,16,18). The minimum absolute atomic E-state index is 0.134. The highest BCUT2D eigenvalue weighted by Crippen LogP contribution is 2.05. The van der Waals surface area contributed by atoms with Gasteiger partial charge in [-0.25, -0.2) is 15.1 Å². The Morgan fingerprint density at radius 3 is 2.90 bits per heavy atom. The lowest BCUT2D eigenvalue weighted by atomic mass is 10.3. The van der Waals surface area contributed by atoms with Crippen LogP contribution >= 0.6 is 0 Å². The van der Waals surface area contributed by atoms with Crippen molar-refractivity contribution >= 4 is 12.2 Å². The Kier molecular flexibility index (Phi) is 3.55. The molecule has 21 heavy (non-hydrogen) atoms. The van der Waals surface area contributed by atoms with Gasteiger partial charge in [0.2, 0.25) is 5.96 Å². The lowest BCUT2D eigenvalue weighted by molar-refractivity contribution is 0.835. The SMILES string of the molecule is Cc1[nH]n(-c2ccccc2)c(=O)c1C=NNC1=NCCN1. The molecule has 2 aromatic rings. The number of aromatic amines is 1. The lowest BCUT2D eigenvalue weighted by Crippen LogP contribution is -2.30. The summed E-state index contributed by atoms with van der Waals surface area (Å²) in [5, 5.41) is 10.1. The number of nitrogens with zero attached hydrogens (tertiary/aromatic N) is 3. The summed E-state index contributed by atoms with van der Waals surface area (Å²) in [5.41, 5.74) is 4.72. The van der Waals surface area contributed by atoms with Crippen molar-refractivity contribution in [1.29, 1.82) is 0 Å². The molecule has 0 amide bonds. The Labute approximate surface area is 121 Å². The van der Waals surface area contributed by atoms with E-state index in [4.69, 9.17) is 0 Å². The maximum Gasteiger partial charge on any atom is 0.280 e. The zero-order valence-electron chi connectivity index (χ0n) is 11.6. The van der Waals surface area contributed by atoms with Gasteiger partial charge in [-0.15, -0.1) is 0 Å². The summed E-state index contributed by atoms with van der Waals surface area (Å²) in [6, 6.07) is 9.42. The number of para-hydroxylation sites is 1. The van der Waals surface area contributed by atoms with Gasteiger partial charge in [-0.2, -0.15) is 5.10 Å². The molecule has 3 rings (SSSR count). The molecule has 3 N–H and O–H groups in total. The normalized spacial score (nSPS) is 14.2. The molecule has 0 unspecified atom stereocenters. The fraction of sp³-hybridized carbons (Fsp3) is 0.214. The minimum atomic E-state index is -0.134. The molecule has 1 aromatic carbocycles. The number of hydrogen-bond acceptors (Lipinski definition) is 5. The Hall–Kier alpha value is -2.83. The third kappa shape index (κ3) is 2.71. The first-order valence-corrected chi connectivity index (χ1v) is 6.70. The fourth-order valence-corrected chi connectivity index (χ4v) is 2.10. The highest BCUT2D eigenvalue weighted by molar-refractivity contribution is 5.85. The van der Waals surface area contributed by atoms with Gasteiger partial charge in [0.05, 0.1) is 24.0 Å². The third-order valence-corrected chi connectivity index (χ3v) is 3.17. The molecule has 0 saturated heterocycles. The maximum absolute atomic E-state index is 12.4. The van der Waals surface area contributed by atoms with Crippen molar-refractivity contribution in [3.8, 4) is 5.69 Å². The molecular weight excluding hydrogens is 268 g/mol. The van der Waals surface area contributed by atoms with E-state index < -0.39 is 0 Å². The summed E-state index contributed by atoms with van der Waals surface area (Å²) in [5.74, 6) is 0.628. The minimum Gasteiger partial charge on any atom is -0.353 e. The van der Waals surface area contributed by atoms with E-state index in [1.807, 2.05) is 37.3 Å². The number of hydrogen-bond donors (Lipinski definition) is 3. The Bertz CT molecular complexity index is 741. The predicted molar refractivity (Wildman–Crippen MR) is 82.2 cm³/mol. The van der Waals surface area contributed by atoms with Crippen molar-refractivity contribution in [3.63, 3.8) is 0 Å². The zero-order chi connectivity index (χ0) is 14.7. The van der Waals surface area contributed by atoms with E-state index in [0.717, 1.165) is 24.5 Å². The molecule has 1 aliphatic rings. The van der Waals surface area contributed by atoms with Crippen molar-refractivity contribution in [2.45, 2.75) is 6.92 Å². The number of nitrogens with one attached hydrogen (secondary N) is 3. The molecule has 108 valence electrons. The van der Waals surface area contributed by atoms with Gasteiger partial charge in [0.25, 0.3) is 5.56 Å². The average Bonchev–Trinajstić information content (AvgIpc) is 3.11. The van der Waals surface area contributed by atoms with Gasteiger partial charge in [-0.1, -0.05) is 18.2 Å². The topological polar surface area (TPSA) is 86.6 Å². The number of guanidine groups is 1. The number of aryl methyl sites for hydroxylation is 1. The number of aliphatic imine (C=N–C) groups is 1. The second kappa shape index (κ2) is 5.66. The summed E-state index contributed by atoms with van der Waals surface area (Å²) < 4.78 is 1.50. The second-order valence-electron chi connectivity index (χ2n) is 4.65. The van der Waals surface area contributed by atoms with Crippen LogP contribution in [-0.2, 0) is 0 Å². The van der Waals surface area contributed by atoms with E-state index in [1.54, 1.807) is 0 Å². The highest BCUT2D eigenvalue weighted by atomic mass is 16.1. The average molecular weight is 284 g/mol. The van der Waals surface area contributed by atoms with Crippen molar-refractivity contribution < 1.29 is 0 Å². The van der Waals surface area contributed by atoms with Crippen LogP contribution < -0.4 is 16.3 Å². The quantitative estimate of drug-likeness (QED) is 0.562. The van der Waals surface area contributed by atoms with Gasteiger partial charge in [0.15, 0.2) is 0 Å². The van der Waals surface area contributed by atoms with Crippen LogP contribution in [0.4, 0.5) is 0 Å². The Morgan fingerprint density at radius 1 is 1.38 bits per heavy atom. The van der Waals surface area contributed by atoms with Crippen LogP contribution in [0.3, 0.4) is 0 Å². The van der Waals surface area contributed by atoms with Crippen molar-refractivity contribution in [3.05, 3.63) is 51.9 Å². The molecule has 0 bridgehead atoms. The van der Waals surface area contributed by atoms with E-state index in [2.05, 4.69) is 25.9 Å². The van der Waals surface area contributed by atoms with E-state index in [9.17, 15) is 4.79 Å². The first-order chi connectivity index (χ1) is 10.3. The molecule has 0 aliphatic carbocycles. The maximum atomic E-state index is 12.4. The van der Waals surface area contributed by atoms with Crippen molar-refractivity contribution in [2.24, 2.45) is 10.1 Å². The number of benzene rings is 1. The van der Waals surface area contributed by atoms with Gasteiger partial charge in [-0.3, -0.25) is 9.89 Å². The largest absolute Gasteiger partial charge is 0.353 e. The first kappa shape index (κ1) is 13.2. The van der Waals surface area contributed by atoms with E-state index in [-0.39, 0.29) is 5.56 Å². The monoisotopic (exact) mass is 284 g/mol. The van der Waals surface area contributed by atoms with Gasteiger partial charge >= 0.3 is 0 Å². The summed E-state index contributed by atoms with van der Waals surface area (Å²) >= 11 is 0. The van der Waals surface area contributed by atoms with Crippen LogP contribution in [-0.4, -0.2) is 35.0 Å². The summed E-state index contributed by atoms with van der Waals surface area (Å²) in [6.07, 6.45) is 1.51. The molecule has 7 heteroatoms. The third-order valence-electron chi connectivity index (χ3n) is 3.17.